The van der Waals surface area contributed by atoms with Crippen molar-refractivity contribution in [2.24, 2.45) is 0 Å². The Morgan fingerprint density at radius 1 is 0.808 bits per heavy atom. The number of carboxylic acids is 3. The Bertz CT molecular complexity index is 352. The number of aliphatic hydroxyl groups excluding tert-OH is 1. The van der Waals surface area contributed by atoms with Crippen molar-refractivity contribution in [3.05, 3.63) is 36.5 Å². The molecular formula is C18H32O8. The van der Waals surface area contributed by atoms with Gasteiger partial charge >= 0.3 is 17.9 Å². The minimum Gasteiger partial charge on any atom is -0.478 e. The van der Waals surface area contributed by atoms with Crippen LogP contribution in [0.4, 0.5) is 0 Å². The quantitative estimate of drug-likeness (QED) is 0.423. The molecule has 0 amide bonds. The molecule has 0 aromatic carbocycles. The van der Waals surface area contributed by atoms with Gasteiger partial charge in [-0.15, -0.1) is 0 Å². The van der Waals surface area contributed by atoms with Crippen molar-refractivity contribution in [3.8, 4) is 0 Å². The number of unbranched alkanes of at least 4 members (excludes halogenated alkanes) is 1. The molecule has 0 spiro atoms. The Hall–Kier alpha value is -2.45. The van der Waals surface area contributed by atoms with E-state index < -0.39 is 17.9 Å². The lowest BCUT2D eigenvalue weighted by atomic mass is 10.4. The second-order valence-corrected chi connectivity index (χ2v) is 4.95. The lowest BCUT2D eigenvalue weighted by Crippen LogP contribution is -1.92. The molecule has 1 fully saturated rings. The van der Waals surface area contributed by atoms with Gasteiger partial charge in [-0.1, -0.05) is 33.1 Å². The number of aliphatic carboxylic acids is 3. The molecule has 1 rings (SSSR count). The highest BCUT2D eigenvalue weighted by Crippen LogP contribution is 1.84. The topological polar surface area (TPSA) is 145 Å². The van der Waals surface area contributed by atoms with E-state index in [0.717, 1.165) is 26.1 Å². The second-order valence-electron chi connectivity index (χ2n) is 4.95. The maximum atomic E-state index is 9.60. The molecule has 8 heteroatoms. The van der Waals surface area contributed by atoms with Crippen molar-refractivity contribution in [2.75, 3.05) is 19.8 Å². The Labute approximate surface area is 155 Å². The zero-order valence-electron chi connectivity index (χ0n) is 16.1. The fourth-order valence-electron chi connectivity index (χ4n) is 0.158. The van der Waals surface area contributed by atoms with Crippen LogP contribution in [0.5, 0.6) is 0 Å². The summed E-state index contributed by atoms with van der Waals surface area (Å²) in [5, 5.41) is 31.7. The van der Waals surface area contributed by atoms with Gasteiger partial charge in [0, 0.05) is 23.3 Å². The van der Waals surface area contributed by atoms with Crippen molar-refractivity contribution in [3.63, 3.8) is 0 Å². The molecule has 0 aromatic rings. The first-order chi connectivity index (χ1) is 11.8. The maximum absolute atomic E-state index is 9.60. The third kappa shape index (κ3) is 57.8. The van der Waals surface area contributed by atoms with E-state index in [9.17, 15) is 14.4 Å². The van der Waals surface area contributed by atoms with Crippen molar-refractivity contribution >= 4 is 17.9 Å². The largest absolute Gasteiger partial charge is 0.478 e. The van der Waals surface area contributed by atoms with Crippen molar-refractivity contribution in [1.82, 2.24) is 0 Å². The fourth-order valence-corrected chi connectivity index (χ4v) is 0.158. The van der Waals surface area contributed by atoms with Crippen LogP contribution in [0.1, 0.15) is 40.5 Å². The van der Waals surface area contributed by atoms with E-state index in [1.807, 2.05) is 0 Å². The van der Waals surface area contributed by atoms with E-state index >= 15 is 0 Å². The summed E-state index contributed by atoms with van der Waals surface area (Å²) in [4.78, 5) is 28.8. The van der Waals surface area contributed by atoms with E-state index in [1.54, 1.807) is 0 Å². The first-order valence-corrected chi connectivity index (χ1v) is 7.69. The van der Waals surface area contributed by atoms with Crippen LogP contribution in [0.15, 0.2) is 36.5 Å². The third-order valence-electron chi connectivity index (χ3n) is 1.81. The van der Waals surface area contributed by atoms with Crippen LogP contribution in [-0.4, -0.2) is 58.2 Å². The smallest absolute Gasteiger partial charge is 0.330 e. The highest BCUT2D eigenvalue weighted by molar-refractivity contribution is 5.85. The highest BCUT2D eigenvalue weighted by atomic mass is 16.6. The van der Waals surface area contributed by atoms with Gasteiger partial charge in [0.05, 0.1) is 13.2 Å². The molecule has 0 atom stereocenters. The zero-order valence-corrected chi connectivity index (χ0v) is 16.1. The molecular weight excluding hydrogens is 344 g/mol. The van der Waals surface area contributed by atoms with Crippen LogP contribution in [0.3, 0.4) is 0 Å². The number of hydrogen-bond acceptors (Lipinski definition) is 5. The van der Waals surface area contributed by atoms with E-state index in [-0.39, 0.29) is 16.7 Å². The molecule has 0 radical (unpaired) electrons. The number of carbonyl (C=O) groups is 3. The number of hydrogen-bond donors (Lipinski definition) is 4. The van der Waals surface area contributed by atoms with E-state index in [2.05, 4.69) is 31.4 Å². The highest BCUT2D eigenvalue weighted by Gasteiger charge is 1.94. The van der Waals surface area contributed by atoms with Crippen molar-refractivity contribution < 1.29 is 39.5 Å². The summed E-state index contributed by atoms with van der Waals surface area (Å²) in [6, 6.07) is 0. The molecule has 1 heterocycles. The van der Waals surface area contributed by atoms with Crippen LogP contribution in [-0.2, 0) is 19.1 Å². The maximum Gasteiger partial charge on any atom is 0.330 e. The van der Waals surface area contributed by atoms with Gasteiger partial charge in [0.2, 0.25) is 0 Å². The van der Waals surface area contributed by atoms with Gasteiger partial charge in [0.1, 0.15) is 0 Å². The zero-order chi connectivity index (χ0) is 21.7. The van der Waals surface area contributed by atoms with Crippen LogP contribution in [0.2, 0.25) is 0 Å². The number of carboxylic acid groups (broad SMARTS) is 3. The lowest BCUT2D eigenvalue weighted by molar-refractivity contribution is -0.133. The molecule has 26 heavy (non-hydrogen) atoms. The number of epoxide rings is 1. The van der Waals surface area contributed by atoms with Gasteiger partial charge in [-0.3, -0.25) is 0 Å². The fraction of sp³-hybridized carbons (Fsp3) is 0.500. The Morgan fingerprint density at radius 2 is 1.00 bits per heavy atom. The van der Waals surface area contributed by atoms with Crippen LogP contribution < -0.4 is 0 Å². The number of ether oxygens (including phenoxy) is 1. The first kappa shape index (κ1) is 31.3. The van der Waals surface area contributed by atoms with Crippen molar-refractivity contribution in [1.29, 1.82) is 0 Å². The monoisotopic (exact) mass is 376 g/mol. The lowest BCUT2D eigenvalue weighted by Gasteiger charge is -1.79. The Kier molecular flexibility index (Phi) is 27.2. The normalized spacial score (nSPS) is 9.58. The van der Waals surface area contributed by atoms with Gasteiger partial charge in [-0.05, 0) is 27.2 Å². The molecule has 1 aliphatic heterocycles. The van der Waals surface area contributed by atoms with E-state index in [4.69, 9.17) is 20.4 Å². The number of rotatable bonds is 5. The summed E-state index contributed by atoms with van der Waals surface area (Å²) in [5.41, 5.74) is 0.528. The Balaban J connectivity index is -0.000000118. The molecule has 0 bridgehead atoms. The van der Waals surface area contributed by atoms with Gasteiger partial charge < -0.3 is 25.2 Å². The summed E-state index contributed by atoms with van der Waals surface area (Å²) in [6.07, 6.45) is 2.04. The van der Waals surface area contributed by atoms with E-state index in [0.29, 0.717) is 6.61 Å². The minimum absolute atomic E-state index is 0.176. The molecule has 0 aromatic heterocycles. The molecule has 1 saturated heterocycles. The average Bonchev–Trinajstić information content (AvgIpc) is 3.38. The van der Waals surface area contributed by atoms with Gasteiger partial charge in [-0.25, -0.2) is 14.4 Å². The Morgan fingerprint density at radius 3 is 1.00 bits per heavy atom. The number of aliphatic hydroxyl groups is 1. The second kappa shape index (κ2) is 22.6. The summed E-state index contributed by atoms with van der Waals surface area (Å²) in [7, 11) is 0. The SMILES string of the molecule is C1CO1.C=C(C)C(=O)O.C=C(C)C(=O)O.C=C(C)C(=O)O.CCCCO. The summed E-state index contributed by atoms with van der Waals surface area (Å²) in [5.74, 6) is -2.81. The predicted octanol–water partition coefficient (Wildman–Crippen LogP) is 2.74. The molecule has 8 nitrogen and oxygen atoms in total. The predicted molar refractivity (Wildman–Crippen MR) is 100 cm³/mol. The van der Waals surface area contributed by atoms with Crippen LogP contribution >= 0.6 is 0 Å². The summed E-state index contributed by atoms with van der Waals surface area (Å²) < 4.78 is 4.50. The summed E-state index contributed by atoms with van der Waals surface area (Å²) in [6.45, 7) is 18.2. The first-order valence-electron chi connectivity index (χ1n) is 7.69. The van der Waals surface area contributed by atoms with Crippen LogP contribution in [0, 0.1) is 0 Å². The van der Waals surface area contributed by atoms with Gasteiger partial charge in [-0.2, -0.15) is 0 Å². The summed E-state index contributed by atoms with van der Waals surface area (Å²) >= 11 is 0. The molecule has 4 N–H and O–H groups in total. The standard InChI is InChI=1S/3C4H6O2.C4H10O.C2H4O/c3*1-3(2)4(5)6;1-2-3-4-5;1-2-3-1/h3*1H2,2H3,(H,5,6);5H,2-4H2,1H3;1-2H2. The van der Waals surface area contributed by atoms with Crippen molar-refractivity contribution in [2.45, 2.75) is 40.5 Å². The van der Waals surface area contributed by atoms with Gasteiger partial charge in [0.25, 0.3) is 0 Å². The van der Waals surface area contributed by atoms with E-state index in [1.165, 1.54) is 20.8 Å². The average molecular weight is 376 g/mol. The molecule has 0 aliphatic carbocycles. The molecule has 152 valence electrons. The molecule has 0 unspecified atom stereocenters. The minimum atomic E-state index is -0.935. The molecule has 0 saturated carbocycles. The third-order valence-corrected chi connectivity index (χ3v) is 1.81. The van der Waals surface area contributed by atoms with Gasteiger partial charge in [0.15, 0.2) is 0 Å². The molecule has 1 aliphatic rings. The van der Waals surface area contributed by atoms with Crippen LogP contribution in [0.25, 0.3) is 0 Å².